The fourth-order valence-corrected chi connectivity index (χ4v) is 1.43. The number of carbonyl (C=O) groups is 1. The van der Waals surface area contributed by atoms with Gasteiger partial charge in [-0.15, -0.1) is 0 Å². The van der Waals surface area contributed by atoms with Crippen LogP contribution in [0.2, 0.25) is 5.28 Å². The van der Waals surface area contributed by atoms with Gasteiger partial charge in [0.15, 0.2) is 0 Å². The zero-order valence-electron chi connectivity index (χ0n) is 9.43. The molecule has 6 nitrogen and oxygen atoms in total. The summed E-state index contributed by atoms with van der Waals surface area (Å²) in [5.41, 5.74) is 10.5. The van der Waals surface area contributed by atoms with E-state index in [1.54, 1.807) is 0 Å². The second-order valence-electron chi connectivity index (χ2n) is 3.51. The molecule has 2 rings (SSSR count). The van der Waals surface area contributed by atoms with Gasteiger partial charge in [0, 0.05) is 6.07 Å². The standard InChI is InChI=1S/C11H8ClFN4O2/c12-11-16-4-8(14)10(17-11)19-5-1-2-6(9(15)18)7(13)3-5/h1-4H,14H2,(H2,15,18). The number of amides is 1. The molecule has 4 N–H and O–H groups in total. The number of hydrogen-bond acceptors (Lipinski definition) is 5. The highest BCUT2D eigenvalue weighted by Gasteiger charge is 2.11. The topological polar surface area (TPSA) is 104 Å². The summed E-state index contributed by atoms with van der Waals surface area (Å²) in [7, 11) is 0. The second-order valence-corrected chi connectivity index (χ2v) is 3.85. The van der Waals surface area contributed by atoms with Gasteiger partial charge in [0.2, 0.25) is 11.2 Å². The molecule has 0 aliphatic rings. The summed E-state index contributed by atoms with van der Waals surface area (Å²) in [4.78, 5) is 18.3. The minimum absolute atomic E-state index is 0.00812. The van der Waals surface area contributed by atoms with Crippen molar-refractivity contribution in [2.45, 2.75) is 0 Å². The molecule has 0 aliphatic heterocycles. The van der Waals surface area contributed by atoms with Gasteiger partial charge in [-0.05, 0) is 23.7 Å². The van der Waals surface area contributed by atoms with Crippen molar-refractivity contribution < 1.29 is 13.9 Å². The minimum atomic E-state index is -0.867. The zero-order valence-corrected chi connectivity index (χ0v) is 10.2. The van der Waals surface area contributed by atoms with Gasteiger partial charge in [-0.1, -0.05) is 0 Å². The van der Waals surface area contributed by atoms with Gasteiger partial charge < -0.3 is 16.2 Å². The van der Waals surface area contributed by atoms with Gasteiger partial charge in [-0.25, -0.2) is 9.37 Å². The fraction of sp³-hybridized carbons (Fsp3) is 0. The van der Waals surface area contributed by atoms with E-state index in [0.29, 0.717) is 0 Å². The third-order valence-corrected chi connectivity index (χ3v) is 2.35. The van der Waals surface area contributed by atoms with Crippen LogP contribution in [0.15, 0.2) is 24.4 Å². The van der Waals surface area contributed by atoms with Crippen molar-refractivity contribution >= 4 is 23.2 Å². The van der Waals surface area contributed by atoms with Gasteiger partial charge in [-0.3, -0.25) is 4.79 Å². The van der Waals surface area contributed by atoms with Crippen LogP contribution in [0.3, 0.4) is 0 Å². The summed E-state index contributed by atoms with van der Waals surface area (Å²) in [5, 5.41) is -0.0570. The number of nitrogens with zero attached hydrogens (tertiary/aromatic N) is 2. The molecule has 0 saturated carbocycles. The summed E-state index contributed by atoms with van der Waals surface area (Å²) in [6.45, 7) is 0. The van der Waals surface area contributed by atoms with Crippen molar-refractivity contribution in [2.24, 2.45) is 5.73 Å². The average Bonchev–Trinajstić information content (AvgIpc) is 2.33. The molecular weight excluding hydrogens is 275 g/mol. The predicted molar refractivity (Wildman–Crippen MR) is 66.4 cm³/mol. The first-order valence-corrected chi connectivity index (χ1v) is 5.40. The summed E-state index contributed by atoms with van der Waals surface area (Å²) in [6.07, 6.45) is 1.26. The Morgan fingerprint density at radius 3 is 2.79 bits per heavy atom. The molecule has 8 heteroatoms. The molecule has 1 heterocycles. The molecule has 0 unspecified atom stereocenters. The molecule has 1 amide bonds. The molecule has 1 aromatic heterocycles. The number of nitrogen functional groups attached to an aromatic ring is 1. The summed E-state index contributed by atoms with van der Waals surface area (Å²) in [6, 6.07) is 3.56. The maximum atomic E-state index is 13.5. The minimum Gasteiger partial charge on any atom is -0.437 e. The number of halogens is 2. The number of nitrogens with two attached hydrogens (primary N) is 2. The number of carbonyl (C=O) groups excluding carboxylic acids is 1. The molecule has 0 bridgehead atoms. The Balaban J connectivity index is 2.31. The average molecular weight is 283 g/mol. The van der Waals surface area contributed by atoms with E-state index in [9.17, 15) is 9.18 Å². The van der Waals surface area contributed by atoms with Crippen molar-refractivity contribution in [1.82, 2.24) is 9.97 Å². The molecule has 0 atom stereocenters. The Hall–Kier alpha value is -2.41. The number of benzene rings is 1. The molecule has 0 aliphatic carbocycles. The predicted octanol–water partition coefficient (Wildman–Crippen LogP) is 1.74. The van der Waals surface area contributed by atoms with Crippen molar-refractivity contribution in [3.8, 4) is 11.6 Å². The van der Waals surface area contributed by atoms with Gasteiger partial charge >= 0.3 is 0 Å². The first-order chi connectivity index (χ1) is 8.97. The molecule has 0 radical (unpaired) electrons. The Kier molecular flexibility index (Phi) is 3.48. The summed E-state index contributed by atoms with van der Waals surface area (Å²) >= 11 is 5.59. The quantitative estimate of drug-likeness (QED) is 0.835. The van der Waals surface area contributed by atoms with E-state index in [1.165, 1.54) is 18.3 Å². The summed E-state index contributed by atoms with van der Waals surface area (Å²) < 4.78 is 18.8. The van der Waals surface area contributed by atoms with Gasteiger partial charge in [0.05, 0.1) is 11.8 Å². The maximum Gasteiger partial charge on any atom is 0.251 e. The fourth-order valence-electron chi connectivity index (χ4n) is 1.31. The van der Waals surface area contributed by atoms with E-state index in [-0.39, 0.29) is 28.2 Å². The number of ether oxygens (including phenoxy) is 1. The lowest BCUT2D eigenvalue weighted by Gasteiger charge is -2.07. The van der Waals surface area contributed by atoms with E-state index >= 15 is 0 Å². The monoisotopic (exact) mass is 282 g/mol. The van der Waals surface area contributed by atoms with Crippen LogP contribution >= 0.6 is 11.6 Å². The Morgan fingerprint density at radius 1 is 1.42 bits per heavy atom. The SMILES string of the molecule is NC(=O)c1ccc(Oc2nc(Cl)ncc2N)cc1F. The van der Waals surface area contributed by atoms with Gasteiger partial charge in [-0.2, -0.15) is 4.98 Å². The third kappa shape index (κ3) is 2.89. The number of aromatic nitrogens is 2. The smallest absolute Gasteiger partial charge is 0.251 e. The van der Waals surface area contributed by atoms with Crippen LogP contribution in [-0.4, -0.2) is 15.9 Å². The van der Waals surface area contributed by atoms with Crippen LogP contribution in [0.25, 0.3) is 0 Å². The summed E-state index contributed by atoms with van der Waals surface area (Å²) in [5.74, 6) is -1.58. The Labute approximate surface area is 112 Å². The van der Waals surface area contributed by atoms with Crippen LogP contribution in [0.4, 0.5) is 10.1 Å². The number of hydrogen-bond donors (Lipinski definition) is 2. The van der Waals surface area contributed by atoms with Gasteiger partial charge in [0.1, 0.15) is 17.3 Å². The highest BCUT2D eigenvalue weighted by molar-refractivity contribution is 6.28. The molecular formula is C11H8ClFN4O2. The lowest BCUT2D eigenvalue weighted by atomic mass is 10.2. The Morgan fingerprint density at radius 2 is 2.16 bits per heavy atom. The molecule has 2 aromatic rings. The van der Waals surface area contributed by atoms with E-state index in [2.05, 4.69) is 9.97 Å². The van der Waals surface area contributed by atoms with E-state index < -0.39 is 11.7 Å². The van der Waals surface area contributed by atoms with E-state index in [1.807, 2.05) is 0 Å². The second kappa shape index (κ2) is 5.07. The normalized spacial score (nSPS) is 10.2. The number of anilines is 1. The largest absolute Gasteiger partial charge is 0.437 e. The van der Waals surface area contributed by atoms with Crippen LogP contribution in [-0.2, 0) is 0 Å². The number of rotatable bonds is 3. The zero-order chi connectivity index (χ0) is 14.0. The van der Waals surface area contributed by atoms with Crippen molar-refractivity contribution in [3.63, 3.8) is 0 Å². The van der Waals surface area contributed by atoms with E-state index in [4.69, 9.17) is 27.8 Å². The van der Waals surface area contributed by atoms with Crippen LogP contribution in [0.5, 0.6) is 11.6 Å². The highest BCUT2D eigenvalue weighted by atomic mass is 35.5. The molecule has 98 valence electrons. The first-order valence-electron chi connectivity index (χ1n) is 5.02. The van der Waals surface area contributed by atoms with Crippen LogP contribution in [0.1, 0.15) is 10.4 Å². The molecule has 1 aromatic carbocycles. The van der Waals surface area contributed by atoms with Crippen molar-refractivity contribution in [2.75, 3.05) is 5.73 Å². The number of primary amides is 1. The van der Waals surface area contributed by atoms with Crippen molar-refractivity contribution in [3.05, 3.63) is 41.1 Å². The van der Waals surface area contributed by atoms with Crippen molar-refractivity contribution in [1.29, 1.82) is 0 Å². The first kappa shape index (κ1) is 13.0. The molecule has 0 fully saturated rings. The van der Waals surface area contributed by atoms with Crippen LogP contribution in [0, 0.1) is 5.82 Å². The Bertz CT molecular complexity index is 651. The van der Waals surface area contributed by atoms with E-state index in [0.717, 1.165) is 6.07 Å². The molecule has 0 saturated heterocycles. The highest BCUT2D eigenvalue weighted by Crippen LogP contribution is 2.26. The van der Waals surface area contributed by atoms with Crippen LogP contribution < -0.4 is 16.2 Å². The maximum absolute atomic E-state index is 13.5. The molecule has 19 heavy (non-hydrogen) atoms. The lowest BCUT2D eigenvalue weighted by Crippen LogP contribution is -2.12. The molecule has 0 spiro atoms. The van der Waals surface area contributed by atoms with Gasteiger partial charge in [0.25, 0.3) is 5.91 Å². The third-order valence-electron chi connectivity index (χ3n) is 2.17. The lowest BCUT2D eigenvalue weighted by molar-refractivity contribution is 0.0996.